The summed E-state index contributed by atoms with van der Waals surface area (Å²) in [5, 5.41) is 0. The number of benzene rings is 1. The Bertz CT molecular complexity index is 390. The second kappa shape index (κ2) is 7.50. The molecule has 0 aliphatic rings. The highest BCUT2D eigenvalue weighted by Gasteiger charge is 2.30. The molecule has 1 unspecified atom stereocenters. The van der Waals surface area contributed by atoms with Gasteiger partial charge in [0.15, 0.2) is 0 Å². The molecule has 6 heteroatoms. The van der Waals surface area contributed by atoms with Crippen LogP contribution in [0.25, 0.3) is 0 Å². The van der Waals surface area contributed by atoms with Crippen LogP contribution in [0.3, 0.4) is 0 Å². The van der Waals surface area contributed by atoms with E-state index in [2.05, 4.69) is 4.74 Å². The smallest absolute Gasteiger partial charge is 0.406 e. The quantitative estimate of drug-likeness (QED) is 0.839. The monoisotopic (exact) mass is 291 g/mol. The van der Waals surface area contributed by atoms with Crippen molar-refractivity contribution >= 4 is 0 Å². The number of ether oxygens (including phenoxy) is 2. The summed E-state index contributed by atoms with van der Waals surface area (Å²) in [6.45, 7) is 4.89. The standard InChI is InChI=1S/C14H20F3NO2/c1-10(2)19-9-12(8-18)7-11-3-5-13(6-4-11)20-14(15,16)17/h3-6,10,12H,7-9,18H2,1-2H3. The SMILES string of the molecule is CC(C)OCC(CN)Cc1ccc(OC(F)(F)F)cc1. The van der Waals surface area contributed by atoms with E-state index in [4.69, 9.17) is 10.5 Å². The van der Waals surface area contributed by atoms with Gasteiger partial charge in [0.1, 0.15) is 5.75 Å². The van der Waals surface area contributed by atoms with Gasteiger partial charge in [-0.2, -0.15) is 0 Å². The van der Waals surface area contributed by atoms with Gasteiger partial charge in [-0.05, 0) is 50.4 Å². The molecule has 20 heavy (non-hydrogen) atoms. The highest BCUT2D eigenvalue weighted by Crippen LogP contribution is 2.23. The highest BCUT2D eigenvalue weighted by atomic mass is 19.4. The number of alkyl halides is 3. The molecular weight excluding hydrogens is 271 g/mol. The zero-order chi connectivity index (χ0) is 15.2. The molecule has 2 N–H and O–H groups in total. The molecule has 0 amide bonds. The van der Waals surface area contributed by atoms with E-state index in [9.17, 15) is 13.2 Å². The fourth-order valence-electron chi connectivity index (χ4n) is 1.70. The molecule has 0 fully saturated rings. The van der Waals surface area contributed by atoms with Crippen molar-refractivity contribution in [2.45, 2.75) is 32.7 Å². The van der Waals surface area contributed by atoms with E-state index >= 15 is 0 Å². The van der Waals surface area contributed by atoms with Crippen LogP contribution in [-0.2, 0) is 11.2 Å². The molecule has 114 valence electrons. The molecule has 1 aromatic carbocycles. The first-order chi connectivity index (χ1) is 9.30. The topological polar surface area (TPSA) is 44.5 Å². The van der Waals surface area contributed by atoms with Crippen molar-refractivity contribution in [3.05, 3.63) is 29.8 Å². The molecule has 0 aliphatic carbocycles. The van der Waals surface area contributed by atoms with Gasteiger partial charge in [-0.15, -0.1) is 13.2 Å². The van der Waals surface area contributed by atoms with E-state index in [0.717, 1.165) is 5.56 Å². The van der Waals surface area contributed by atoms with Crippen molar-refractivity contribution in [1.29, 1.82) is 0 Å². The molecule has 0 saturated carbocycles. The van der Waals surface area contributed by atoms with Gasteiger partial charge in [-0.1, -0.05) is 12.1 Å². The summed E-state index contributed by atoms with van der Waals surface area (Å²) in [6, 6.07) is 5.83. The van der Waals surface area contributed by atoms with Crippen LogP contribution in [0.1, 0.15) is 19.4 Å². The molecule has 0 bridgehead atoms. The first-order valence-electron chi connectivity index (χ1n) is 6.46. The molecule has 0 spiro atoms. The Morgan fingerprint density at radius 3 is 2.20 bits per heavy atom. The molecule has 0 radical (unpaired) electrons. The zero-order valence-corrected chi connectivity index (χ0v) is 11.6. The molecule has 3 nitrogen and oxygen atoms in total. The van der Waals surface area contributed by atoms with Crippen LogP contribution < -0.4 is 10.5 Å². The van der Waals surface area contributed by atoms with Crippen molar-refractivity contribution < 1.29 is 22.6 Å². The third-order valence-electron chi connectivity index (χ3n) is 2.68. The molecule has 0 aliphatic heterocycles. The highest BCUT2D eigenvalue weighted by molar-refractivity contribution is 5.27. The Labute approximate surface area is 116 Å². The molecule has 1 atom stereocenters. The summed E-state index contributed by atoms with van der Waals surface area (Å²) in [7, 11) is 0. The molecular formula is C14H20F3NO2. The predicted molar refractivity (Wildman–Crippen MR) is 70.5 cm³/mol. The fourth-order valence-corrected chi connectivity index (χ4v) is 1.70. The van der Waals surface area contributed by atoms with Crippen LogP contribution in [-0.4, -0.2) is 25.6 Å². The summed E-state index contributed by atoms with van der Waals surface area (Å²) in [5.41, 5.74) is 6.57. The van der Waals surface area contributed by atoms with Gasteiger partial charge in [0.2, 0.25) is 0 Å². The van der Waals surface area contributed by atoms with Crippen molar-refractivity contribution in [2.75, 3.05) is 13.2 Å². The van der Waals surface area contributed by atoms with Crippen LogP contribution in [0, 0.1) is 5.92 Å². The number of hydrogen-bond acceptors (Lipinski definition) is 3. The number of halogens is 3. The number of hydrogen-bond donors (Lipinski definition) is 1. The third-order valence-corrected chi connectivity index (χ3v) is 2.68. The lowest BCUT2D eigenvalue weighted by molar-refractivity contribution is -0.274. The van der Waals surface area contributed by atoms with Gasteiger partial charge in [0.05, 0.1) is 12.7 Å². The lowest BCUT2D eigenvalue weighted by Crippen LogP contribution is -2.24. The van der Waals surface area contributed by atoms with Gasteiger partial charge >= 0.3 is 6.36 Å². The van der Waals surface area contributed by atoms with Crippen LogP contribution >= 0.6 is 0 Å². The molecule has 0 aromatic heterocycles. The first kappa shape index (κ1) is 16.8. The van der Waals surface area contributed by atoms with Crippen LogP contribution in [0.4, 0.5) is 13.2 Å². The Balaban J connectivity index is 2.55. The van der Waals surface area contributed by atoms with E-state index in [1.54, 1.807) is 12.1 Å². The first-order valence-corrected chi connectivity index (χ1v) is 6.46. The minimum atomic E-state index is -4.66. The van der Waals surface area contributed by atoms with Gasteiger partial charge in [0.25, 0.3) is 0 Å². The Kier molecular flexibility index (Phi) is 6.29. The molecule has 0 heterocycles. The van der Waals surface area contributed by atoms with E-state index in [1.807, 2.05) is 13.8 Å². The maximum Gasteiger partial charge on any atom is 0.573 e. The lowest BCUT2D eigenvalue weighted by atomic mass is 10.00. The number of nitrogens with two attached hydrogens (primary N) is 1. The summed E-state index contributed by atoms with van der Waals surface area (Å²) in [6.07, 6.45) is -3.87. The van der Waals surface area contributed by atoms with Crippen LogP contribution in [0.5, 0.6) is 5.75 Å². The largest absolute Gasteiger partial charge is 0.573 e. The Morgan fingerprint density at radius 2 is 1.75 bits per heavy atom. The normalized spacial score (nSPS) is 13.6. The second-order valence-electron chi connectivity index (χ2n) is 4.88. The average molecular weight is 291 g/mol. The van der Waals surface area contributed by atoms with E-state index in [1.165, 1.54) is 12.1 Å². The van der Waals surface area contributed by atoms with Gasteiger partial charge in [0, 0.05) is 0 Å². The Morgan fingerprint density at radius 1 is 1.15 bits per heavy atom. The van der Waals surface area contributed by atoms with Crippen molar-refractivity contribution in [3.63, 3.8) is 0 Å². The summed E-state index contributed by atoms with van der Waals surface area (Å²) < 4.78 is 45.4. The third kappa shape index (κ3) is 6.77. The average Bonchev–Trinajstić information content (AvgIpc) is 2.34. The summed E-state index contributed by atoms with van der Waals surface area (Å²) >= 11 is 0. The van der Waals surface area contributed by atoms with Gasteiger partial charge in [-0.3, -0.25) is 0 Å². The van der Waals surface area contributed by atoms with E-state index in [0.29, 0.717) is 19.6 Å². The Hall–Kier alpha value is -1.27. The van der Waals surface area contributed by atoms with E-state index in [-0.39, 0.29) is 17.8 Å². The minimum absolute atomic E-state index is 0.131. The minimum Gasteiger partial charge on any atom is -0.406 e. The number of rotatable bonds is 7. The van der Waals surface area contributed by atoms with Crippen molar-refractivity contribution in [2.24, 2.45) is 11.7 Å². The zero-order valence-electron chi connectivity index (χ0n) is 11.6. The van der Waals surface area contributed by atoms with Crippen LogP contribution in [0.15, 0.2) is 24.3 Å². The van der Waals surface area contributed by atoms with Gasteiger partial charge < -0.3 is 15.2 Å². The maximum absolute atomic E-state index is 12.0. The second-order valence-corrected chi connectivity index (χ2v) is 4.88. The molecule has 1 aromatic rings. The lowest BCUT2D eigenvalue weighted by Gasteiger charge is -2.17. The summed E-state index contributed by atoms with van der Waals surface area (Å²) in [4.78, 5) is 0. The van der Waals surface area contributed by atoms with Gasteiger partial charge in [-0.25, -0.2) is 0 Å². The van der Waals surface area contributed by atoms with Crippen molar-refractivity contribution in [1.82, 2.24) is 0 Å². The summed E-state index contributed by atoms with van der Waals surface area (Å²) in [5.74, 6) is -0.0734. The predicted octanol–water partition coefficient (Wildman–Crippen LogP) is 3.13. The van der Waals surface area contributed by atoms with Crippen molar-refractivity contribution in [3.8, 4) is 5.75 Å². The maximum atomic E-state index is 12.0. The molecule has 1 rings (SSSR count). The molecule has 0 saturated heterocycles. The van der Waals surface area contributed by atoms with E-state index < -0.39 is 6.36 Å². The van der Waals surface area contributed by atoms with Crippen LogP contribution in [0.2, 0.25) is 0 Å². The fraction of sp³-hybridized carbons (Fsp3) is 0.571.